The summed E-state index contributed by atoms with van der Waals surface area (Å²) >= 11 is 0. The summed E-state index contributed by atoms with van der Waals surface area (Å²) in [6, 6.07) is -0.656. The number of primary amides is 1. The zero-order chi connectivity index (χ0) is 9.03. The Morgan fingerprint density at radius 1 is 1.75 bits per heavy atom. The van der Waals surface area contributed by atoms with Crippen LogP contribution < -0.4 is 11.2 Å². The van der Waals surface area contributed by atoms with Gasteiger partial charge in [0.2, 0.25) is 0 Å². The number of nitrogens with zero attached hydrogens (tertiary/aromatic N) is 1. The number of amides is 2. The molecule has 0 aromatic heterocycles. The molecule has 0 unspecified atom stereocenters. The standard InChI is InChI=1S/C7H13N3O2/c1-12-7(3-2-4-7)5-9-10-6(8)11/h5H,2-4H2,1H3,(H3,8,10,11)/b9-5+. The van der Waals surface area contributed by atoms with Crippen molar-refractivity contribution in [1.82, 2.24) is 5.43 Å². The molecule has 5 heteroatoms. The van der Waals surface area contributed by atoms with Crippen LogP contribution in [0, 0.1) is 0 Å². The van der Waals surface area contributed by atoms with Crippen LogP contribution in [-0.2, 0) is 4.74 Å². The van der Waals surface area contributed by atoms with Gasteiger partial charge in [0, 0.05) is 7.11 Å². The Kier molecular flexibility index (Phi) is 2.65. The number of ether oxygens (including phenoxy) is 1. The lowest BCUT2D eigenvalue weighted by Crippen LogP contribution is -2.41. The van der Waals surface area contributed by atoms with Gasteiger partial charge in [-0.2, -0.15) is 5.10 Å². The fourth-order valence-corrected chi connectivity index (χ4v) is 1.12. The zero-order valence-electron chi connectivity index (χ0n) is 7.04. The molecule has 0 spiro atoms. The van der Waals surface area contributed by atoms with E-state index in [0.29, 0.717) is 0 Å². The molecule has 0 heterocycles. The minimum atomic E-state index is -0.656. The van der Waals surface area contributed by atoms with E-state index in [1.807, 2.05) is 0 Å². The van der Waals surface area contributed by atoms with Crippen LogP contribution in [0.1, 0.15) is 19.3 Å². The fourth-order valence-electron chi connectivity index (χ4n) is 1.12. The van der Waals surface area contributed by atoms with Crippen LogP contribution in [-0.4, -0.2) is 25.0 Å². The van der Waals surface area contributed by atoms with Gasteiger partial charge in [-0.15, -0.1) is 0 Å². The molecule has 0 aromatic carbocycles. The van der Waals surface area contributed by atoms with Crippen molar-refractivity contribution >= 4 is 12.2 Å². The first kappa shape index (κ1) is 8.99. The van der Waals surface area contributed by atoms with E-state index in [1.54, 1.807) is 13.3 Å². The van der Waals surface area contributed by atoms with E-state index < -0.39 is 6.03 Å². The van der Waals surface area contributed by atoms with Crippen molar-refractivity contribution in [2.24, 2.45) is 10.8 Å². The highest BCUT2D eigenvalue weighted by molar-refractivity contribution is 5.75. The average molecular weight is 171 g/mol. The highest BCUT2D eigenvalue weighted by Gasteiger charge is 2.35. The minimum absolute atomic E-state index is 0.261. The maximum Gasteiger partial charge on any atom is 0.332 e. The normalized spacial score (nSPS) is 20.4. The Hall–Kier alpha value is -1.10. The van der Waals surface area contributed by atoms with Gasteiger partial charge < -0.3 is 10.5 Å². The number of hydrazone groups is 1. The van der Waals surface area contributed by atoms with Gasteiger partial charge in [-0.05, 0) is 19.3 Å². The van der Waals surface area contributed by atoms with Crippen LogP contribution in [0.25, 0.3) is 0 Å². The molecule has 1 fully saturated rings. The first-order valence-electron chi connectivity index (χ1n) is 3.83. The van der Waals surface area contributed by atoms with Crippen LogP contribution in [0.4, 0.5) is 4.79 Å². The summed E-state index contributed by atoms with van der Waals surface area (Å²) in [5, 5.41) is 3.66. The highest BCUT2D eigenvalue weighted by atomic mass is 16.5. The molecule has 0 bridgehead atoms. The number of urea groups is 1. The fraction of sp³-hybridized carbons (Fsp3) is 0.714. The number of carbonyl (C=O) groups is 1. The van der Waals surface area contributed by atoms with Crippen molar-refractivity contribution in [3.63, 3.8) is 0 Å². The van der Waals surface area contributed by atoms with Gasteiger partial charge in [-0.1, -0.05) is 0 Å². The smallest absolute Gasteiger partial charge is 0.332 e. The minimum Gasteiger partial charge on any atom is -0.372 e. The van der Waals surface area contributed by atoms with Crippen molar-refractivity contribution in [3.8, 4) is 0 Å². The molecule has 2 amide bonds. The van der Waals surface area contributed by atoms with Gasteiger partial charge in [-0.25, -0.2) is 10.2 Å². The Morgan fingerprint density at radius 3 is 2.75 bits per heavy atom. The summed E-state index contributed by atoms with van der Waals surface area (Å²) in [6.07, 6.45) is 4.64. The molecule has 1 aliphatic rings. The molecule has 68 valence electrons. The lowest BCUT2D eigenvalue weighted by atomic mass is 9.81. The molecule has 0 aromatic rings. The van der Waals surface area contributed by atoms with Gasteiger partial charge in [-0.3, -0.25) is 0 Å². The highest BCUT2D eigenvalue weighted by Crippen LogP contribution is 2.32. The average Bonchev–Trinajstić information content (AvgIpc) is 1.94. The van der Waals surface area contributed by atoms with Gasteiger partial charge in [0.15, 0.2) is 0 Å². The summed E-state index contributed by atoms with van der Waals surface area (Å²) in [6.45, 7) is 0. The number of nitrogens with two attached hydrogens (primary N) is 1. The number of hydrogen-bond acceptors (Lipinski definition) is 3. The zero-order valence-corrected chi connectivity index (χ0v) is 7.04. The van der Waals surface area contributed by atoms with Crippen LogP contribution >= 0.6 is 0 Å². The molecule has 0 atom stereocenters. The van der Waals surface area contributed by atoms with Crippen molar-refractivity contribution in [2.45, 2.75) is 24.9 Å². The molecule has 1 aliphatic carbocycles. The van der Waals surface area contributed by atoms with E-state index in [4.69, 9.17) is 10.5 Å². The molecule has 3 N–H and O–H groups in total. The molecule has 0 radical (unpaired) electrons. The third-order valence-corrected chi connectivity index (χ3v) is 2.08. The van der Waals surface area contributed by atoms with E-state index in [0.717, 1.165) is 19.3 Å². The Morgan fingerprint density at radius 2 is 2.42 bits per heavy atom. The van der Waals surface area contributed by atoms with E-state index in [9.17, 15) is 4.79 Å². The number of nitrogens with one attached hydrogen (secondary N) is 1. The van der Waals surface area contributed by atoms with Gasteiger partial charge in [0.05, 0.1) is 6.21 Å². The molecular weight excluding hydrogens is 158 g/mol. The van der Waals surface area contributed by atoms with Crippen molar-refractivity contribution in [2.75, 3.05) is 7.11 Å². The lowest BCUT2D eigenvalue weighted by molar-refractivity contribution is -0.00844. The van der Waals surface area contributed by atoms with Crippen LogP contribution in [0.2, 0.25) is 0 Å². The molecule has 1 saturated carbocycles. The third-order valence-electron chi connectivity index (χ3n) is 2.08. The second-order valence-corrected chi connectivity index (χ2v) is 2.86. The predicted molar refractivity (Wildman–Crippen MR) is 44.8 cm³/mol. The summed E-state index contributed by atoms with van der Waals surface area (Å²) in [7, 11) is 1.63. The first-order valence-corrected chi connectivity index (χ1v) is 3.83. The van der Waals surface area contributed by atoms with E-state index in [2.05, 4.69) is 10.5 Å². The number of methoxy groups -OCH3 is 1. The monoisotopic (exact) mass is 171 g/mol. The molecule has 1 rings (SSSR count). The number of hydrogen-bond donors (Lipinski definition) is 2. The largest absolute Gasteiger partial charge is 0.372 e. The molecule has 0 aliphatic heterocycles. The maximum absolute atomic E-state index is 10.2. The van der Waals surface area contributed by atoms with E-state index >= 15 is 0 Å². The summed E-state index contributed by atoms with van der Waals surface area (Å²) in [5.41, 5.74) is 6.69. The maximum atomic E-state index is 10.2. The molecule has 0 saturated heterocycles. The summed E-state index contributed by atoms with van der Waals surface area (Å²) in [4.78, 5) is 10.2. The predicted octanol–water partition coefficient (Wildman–Crippen LogP) is 0.210. The number of rotatable bonds is 3. The number of carbonyl (C=O) groups excluding carboxylic acids is 1. The van der Waals surface area contributed by atoms with Crippen LogP contribution in [0.15, 0.2) is 5.10 Å². The van der Waals surface area contributed by atoms with Crippen molar-refractivity contribution in [1.29, 1.82) is 0 Å². The molecule has 12 heavy (non-hydrogen) atoms. The Bertz CT molecular complexity index is 193. The third kappa shape index (κ3) is 1.94. The summed E-state index contributed by atoms with van der Waals surface area (Å²) in [5.74, 6) is 0. The van der Waals surface area contributed by atoms with E-state index in [-0.39, 0.29) is 5.60 Å². The second kappa shape index (κ2) is 3.53. The Labute approximate surface area is 71.0 Å². The molecular formula is C7H13N3O2. The van der Waals surface area contributed by atoms with Crippen LogP contribution in [0.5, 0.6) is 0 Å². The summed E-state index contributed by atoms with van der Waals surface area (Å²) < 4.78 is 5.21. The van der Waals surface area contributed by atoms with Gasteiger partial charge >= 0.3 is 6.03 Å². The van der Waals surface area contributed by atoms with E-state index in [1.165, 1.54) is 0 Å². The SMILES string of the molecule is COC1(/C=N/NC(N)=O)CCC1. The quantitative estimate of drug-likeness (QED) is 0.470. The lowest BCUT2D eigenvalue weighted by Gasteiger charge is -2.36. The first-order chi connectivity index (χ1) is 5.68. The van der Waals surface area contributed by atoms with Crippen molar-refractivity contribution < 1.29 is 9.53 Å². The molecule has 5 nitrogen and oxygen atoms in total. The van der Waals surface area contributed by atoms with Gasteiger partial charge in [0.1, 0.15) is 5.60 Å². The Balaban J connectivity index is 2.37. The van der Waals surface area contributed by atoms with Crippen LogP contribution in [0.3, 0.4) is 0 Å². The topological polar surface area (TPSA) is 76.7 Å². The second-order valence-electron chi connectivity index (χ2n) is 2.86. The van der Waals surface area contributed by atoms with Crippen molar-refractivity contribution in [3.05, 3.63) is 0 Å². The van der Waals surface area contributed by atoms with Gasteiger partial charge in [0.25, 0.3) is 0 Å².